The molecular formula is C22H24ClN3O3. The molecule has 0 saturated carbocycles. The van der Waals surface area contributed by atoms with Crippen molar-refractivity contribution in [3.8, 4) is 0 Å². The number of rotatable bonds is 8. The van der Waals surface area contributed by atoms with Gasteiger partial charge >= 0.3 is 6.03 Å². The van der Waals surface area contributed by atoms with E-state index >= 15 is 0 Å². The minimum atomic E-state index is -1.12. The van der Waals surface area contributed by atoms with Crippen molar-refractivity contribution in [2.24, 2.45) is 0 Å². The van der Waals surface area contributed by atoms with Crippen LogP contribution in [0.2, 0.25) is 5.02 Å². The van der Waals surface area contributed by atoms with Crippen LogP contribution in [0.25, 0.3) is 0 Å². The van der Waals surface area contributed by atoms with E-state index in [0.717, 1.165) is 28.9 Å². The standard InChI is InChI=1S/C22H24ClN3O3/c1-2-3-13-22(17-7-5-4-6-8-17)20(28)26(21(29)25-22)15-19(27)24-14-16-9-11-18(23)12-10-16/h4-12H,2-3,13-15H2,1H3,(H,24,27)(H,25,29). The summed E-state index contributed by atoms with van der Waals surface area (Å²) in [5.74, 6) is -0.786. The first-order chi connectivity index (χ1) is 14.0. The van der Waals surface area contributed by atoms with Crippen LogP contribution in [0.3, 0.4) is 0 Å². The Balaban J connectivity index is 1.71. The van der Waals surface area contributed by atoms with Gasteiger partial charge in [0.15, 0.2) is 0 Å². The minimum Gasteiger partial charge on any atom is -0.350 e. The topological polar surface area (TPSA) is 78.5 Å². The van der Waals surface area contributed by atoms with Crippen LogP contribution in [0, 0.1) is 0 Å². The van der Waals surface area contributed by atoms with Crippen LogP contribution >= 0.6 is 11.6 Å². The zero-order valence-electron chi connectivity index (χ0n) is 16.3. The Labute approximate surface area is 175 Å². The largest absolute Gasteiger partial charge is 0.350 e. The molecule has 1 aliphatic rings. The first-order valence-electron chi connectivity index (χ1n) is 9.67. The molecule has 152 valence electrons. The summed E-state index contributed by atoms with van der Waals surface area (Å²) in [4.78, 5) is 39.2. The van der Waals surface area contributed by atoms with Crippen molar-refractivity contribution in [2.75, 3.05) is 6.54 Å². The van der Waals surface area contributed by atoms with E-state index in [9.17, 15) is 14.4 Å². The van der Waals surface area contributed by atoms with E-state index in [2.05, 4.69) is 10.6 Å². The zero-order valence-corrected chi connectivity index (χ0v) is 17.0. The van der Waals surface area contributed by atoms with Gasteiger partial charge in [0.05, 0.1) is 0 Å². The third kappa shape index (κ3) is 4.59. The van der Waals surface area contributed by atoms with Crippen LogP contribution in [0.15, 0.2) is 54.6 Å². The first-order valence-corrected chi connectivity index (χ1v) is 10.0. The normalized spacial score (nSPS) is 18.6. The third-order valence-corrected chi connectivity index (χ3v) is 5.30. The third-order valence-electron chi connectivity index (χ3n) is 5.05. The summed E-state index contributed by atoms with van der Waals surface area (Å²) in [5, 5.41) is 6.20. The Morgan fingerprint density at radius 2 is 1.79 bits per heavy atom. The molecule has 0 spiro atoms. The summed E-state index contributed by atoms with van der Waals surface area (Å²) in [5.41, 5.74) is 0.488. The summed E-state index contributed by atoms with van der Waals surface area (Å²) >= 11 is 5.86. The molecule has 1 heterocycles. The molecule has 4 amide bonds. The number of hydrogen-bond acceptors (Lipinski definition) is 3. The van der Waals surface area contributed by atoms with Gasteiger partial charge in [-0.3, -0.25) is 14.5 Å². The van der Waals surface area contributed by atoms with Crippen LogP contribution in [0.4, 0.5) is 4.79 Å². The maximum atomic E-state index is 13.2. The molecule has 0 radical (unpaired) electrons. The Hall–Kier alpha value is -2.86. The van der Waals surface area contributed by atoms with E-state index in [1.807, 2.05) is 49.4 Å². The van der Waals surface area contributed by atoms with Crippen LogP contribution in [-0.2, 0) is 21.7 Å². The monoisotopic (exact) mass is 413 g/mol. The predicted octanol–water partition coefficient (Wildman–Crippen LogP) is 3.59. The van der Waals surface area contributed by atoms with E-state index in [0.29, 0.717) is 18.0 Å². The number of urea groups is 1. The van der Waals surface area contributed by atoms with E-state index < -0.39 is 17.5 Å². The highest BCUT2D eigenvalue weighted by molar-refractivity contribution is 6.30. The van der Waals surface area contributed by atoms with Gasteiger partial charge in [-0.1, -0.05) is 73.8 Å². The number of imide groups is 1. The van der Waals surface area contributed by atoms with E-state index in [1.54, 1.807) is 12.1 Å². The average molecular weight is 414 g/mol. The molecule has 1 aliphatic heterocycles. The lowest BCUT2D eigenvalue weighted by atomic mass is 9.85. The van der Waals surface area contributed by atoms with Crippen molar-refractivity contribution in [2.45, 2.75) is 38.3 Å². The molecule has 1 fully saturated rings. The van der Waals surface area contributed by atoms with Gasteiger partial charge in [-0.15, -0.1) is 0 Å². The quantitative estimate of drug-likeness (QED) is 0.649. The molecule has 6 nitrogen and oxygen atoms in total. The van der Waals surface area contributed by atoms with Crippen molar-refractivity contribution in [3.63, 3.8) is 0 Å². The Kier molecular flexibility index (Phi) is 6.54. The Bertz CT molecular complexity index is 886. The number of benzene rings is 2. The Morgan fingerprint density at radius 3 is 2.45 bits per heavy atom. The van der Waals surface area contributed by atoms with Crippen molar-refractivity contribution < 1.29 is 14.4 Å². The number of nitrogens with one attached hydrogen (secondary N) is 2. The number of unbranched alkanes of at least 4 members (excludes halogenated alkanes) is 1. The molecule has 2 N–H and O–H groups in total. The molecule has 7 heteroatoms. The second-order valence-electron chi connectivity index (χ2n) is 7.10. The van der Waals surface area contributed by atoms with Crippen molar-refractivity contribution in [1.82, 2.24) is 15.5 Å². The molecule has 3 rings (SSSR count). The minimum absolute atomic E-state index is 0.291. The fourth-order valence-electron chi connectivity index (χ4n) is 3.45. The fourth-order valence-corrected chi connectivity index (χ4v) is 3.57. The molecule has 1 saturated heterocycles. The first kappa shape index (κ1) is 20.9. The fraction of sp³-hybridized carbons (Fsp3) is 0.318. The van der Waals surface area contributed by atoms with Crippen LogP contribution < -0.4 is 10.6 Å². The van der Waals surface area contributed by atoms with Crippen LogP contribution in [0.5, 0.6) is 0 Å². The highest BCUT2D eigenvalue weighted by Crippen LogP contribution is 2.34. The lowest BCUT2D eigenvalue weighted by Gasteiger charge is -2.27. The highest BCUT2D eigenvalue weighted by Gasteiger charge is 2.52. The maximum Gasteiger partial charge on any atom is 0.325 e. The highest BCUT2D eigenvalue weighted by atomic mass is 35.5. The molecule has 2 aromatic rings. The lowest BCUT2D eigenvalue weighted by Crippen LogP contribution is -2.45. The van der Waals surface area contributed by atoms with Gasteiger partial charge in [0, 0.05) is 11.6 Å². The lowest BCUT2D eigenvalue weighted by molar-refractivity contribution is -0.135. The van der Waals surface area contributed by atoms with Crippen LogP contribution in [0.1, 0.15) is 37.3 Å². The van der Waals surface area contributed by atoms with E-state index in [1.165, 1.54) is 0 Å². The van der Waals surface area contributed by atoms with Gasteiger partial charge in [-0.25, -0.2) is 4.79 Å². The summed E-state index contributed by atoms with van der Waals surface area (Å²) < 4.78 is 0. The van der Waals surface area contributed by atoms with E-state index in [-0.39, 0.29) is 12.5 Å². The summed E-state index contributed by atoms with van der Waals surface area (Å²) in [6.45, 7) is 2.00. The number of hydrogen-bond donors (Lipinski definition) is 2. The second kappa shape index (κ2) is 9.09. The zero-order chi connectivity index (χ0) is 20.9. The van der Waals surface area contributed by atoms with Crippen molar-refractivity contribution >= 4 is 29.4 Å². The maximum absolute atomic E-state index is 13.2. The van der Waals surface area contributed by atoms with Crippen molar-refractivity contribution in [3.05, 3.63) is 70.7 Å². The molecule has 0 aliphatic carbocycles. The van der Waals surface area contributed by atoms with Gasteiger partial charge in [-0.05, 0) is 29.7 Å². The molecule has 2 aromatic carbocycles. The van der Waals surface area contributed by atoms with Gasteiger partial charge in [-0.2, -0.15) is 0 Å². The number of carbonyl (C=O) groups excluding carboxylic acids is 3. The predicted molar refractivity (Wildman–Crippen MR) is 111 cm³/mol. The smallest absolute Gasteiger partial charge is 0.325 e. The second-order valence-corrected chi connectivity index (χ2v) is 7.54. The summed E-state index contributed by atoms with van der Waals surface area (Å²) in [6.07, 6.45) is 2.15. The molecule has 29 heavy (non-hydrogen) atoms. The number of carbonyl (C=O) groups is 3. The Morgan fingerprint density at radius 1 is 1.10 bits per heavy atom. The van der Waals surface area contributed by atoms with Gasteiger partial charge in [0.25, 0.3) is 5.91 Å². The van der Waals surface area contributed by atoms with Crippen LogP contribution in [-0.4, -0.2) is 29.3 Å². The van der Waals surface area contributed by atoms with Gasteiger partial charge in [0.1, 0.15) is 12.1 Å². The number of amides is 4. The summed E-state index contributed by atoms with van der Waals surface area (Å²) in [7, 11) is 0. The summed E-state index contributed by atoms with van der Waals surface area (Å²) in [6, 6.07) is 15.7. The van der Waals surface area contributed by atoms with Gasteiger partial charge < -0.3 is 10.6 Å². The number of halogens is 1. The molecule has 1 unspecified atom stereocenters. The molecule has 0 bridgehead atoms. The molecular weight excluding hydrogens is 390 g/mol. The average Bonchev–Trinajstić information content (AvgIpc) is 2.97. The molecule has 0 aromatic heterocycles. The van der Waals surface area contributed by atoms with Crippen molar-refractivity contribution in [1.29, 1.82) is 0 Å². The molecule has 1 atom stereocenters. The number of nitrogens with zero attached hydrogens (tertiary/aromatic N) is 1. The van der Waals surface area contributed by atoms with Gasteiger partial charge in [0.2, 0.25) is 5.91 Å². The SMILES string of the molecule is CCCCC1(c2ccccc2)NC(=O)N(CC(=O)NCc2ccc(Cl)cc2)C1=O. The van der Waals surface area contributed by atoms with E-state index in [4.69, 9.17) is 11.6 Å².